The molecule has 3 aromatic rings. The van der Waals surface area contributed by atoms with Gasteiger partial charge in [0.25, 0.3) is 0 Å². The number of hydrogen-bond acceptors (Lipinski definition) is 5. The molecule has 8 nitrogen and oxygen atoms in total. The molecule has 1 amide bonds. The molecule has 1 aliphatic rings. The summed E-state index contributed by atoms with van der Waals surface area (Å²) in [6.07, 6.45) is 0.307. The van der Waals surface area contributed by atoms with E-state index in [9.17, 15) is 13.2 Å². The van der Waals surface area contributed by atoms with Crippen molar-refractivity contribution >= 4 is 26.7 Å². The van der Waals surface area contributed by atoms with Gasteiger partial charge >= 0.3 is 0 Å². The molecule has 1 fully saturated rings. The fourth-order valence-electron chi connectivity index (χ4n) is 4.08. The van der Waals surface area contributed by atoms with E-state index in [0.29, 0.717) is 25.3 Å². The summed E-state index contributed by atoms with van der Waals surface area (Å²) in [4.78, 5) is 19.1. The molecule has 0 unspecified atom stereocenters. The molecule has 164 valence electrons. The Morgan fingerprint density at radius 2 is 1.71 bits per heavy atom. The van der Waals surface area contributed by atoms with E-state index in [1.54, 1.807) is 21.7 Å². The molecule has 1 aliphatic heterocycles. The summed E-state index contributed by atoms with van der Waals surface area (Å²) in [5.41, 5.74) is 0. The Hall–Kier alpha value is -2.78. The molecule has 2 heterocycles. The molecule has 0 bridgehead atoms. The number of aromatic nitrogens is 3. The number of rotatable bonds is 5. The highest BCUT2D eigenvalue weighted by Gasteiger charge is 2.31. The molecule has 0 radical (unpaired) electrons. The van der Waals surface area contributed by atoms with Crippen LogP contribution in [0.2, 0.25) is 0 Å². The summed E-state index contributed by atoms with van der Waals surface area (Å²) in [6.45, 7) is 6.99. The lowest BCUT2D eigenvalue weighted by molar-refractivity contribution is -0.133. The second-order valence-corrected chi connectivity index (χ2v) is 9.94. The Morgan fingerprint density at radius 1 is 1.03 bits per heavy atom. The maximum Gasteiger partial charge on any atom is 0.243 e. The smallest absolute Gasteiger partial charge is 0.243 e. The van der Waals surface area contributed by atoms with Crippen LogP contribution in [0.3, 0.4) is 0 Å². The molecule has 2 aromatic carbocycles. The number of carbonyl (C=O) groups is 1. The topological polar surface area (TPSA) is 88.4 Å². The van der Waals surface area contributed by atoms with Gasteiger partial charge in [0.2, 0.25) is 15.9 Å². The van der Waals surface area contributed by atoms with Crippen LogP contribution >= 0.6 is 0 Å². The van der Waals surface area contributed by atoms with Crippen molar-refractivity contribution in [3.05, 3.63) is 54.1 Å². The third-order valence-corrected chi connectivity index (χ3v) is 7.64. The van der Waals surface area contributed by atoms with Crippen LogP contribution in [0.4, 0.5) is 0 Å². The molecular formula is C22H27N5O3S. The molecule has 1 saturated heterocycles. The number of nitrogens with zero attached hydrogens (tertiary/aromatic N) is 5. The minimum absolute atomic E-state index is 0.00260. The number of carbonyl (C=O) groups excluding carboxylic acids is 1. The summed E-state index contributed by atoms with van der Waals surface area (Å²) >= 11 is 0. The largest absolute Gasteiger partial charge is 0.340 e. The minimum atomic E-state index is -3.60. The van der Waals surface area contributed by atoms with Crippen molar-refractivity contribution in [2.24, 2.45) is 0 Å². The Labute approximate surface area is 182 Å². The van der Waals surface area contributed by atoms with Gasteiger partial charge in [-0.1, -0.05) is 30.3 Å². The van der Waals surface area contributed by atoms with Crippen LogP contribution in [0.1, 0.15) is 31.0 Å². The number of aryl methyl sites for hydroxylation is 2. The standard InChI is InChI=1S/C22H27N5O3S/c1-16(27-18(3)23-17(2)24-27)14-22(28)25-10-12-26(13-11-25)31(29,30)21-9-8-19-6-4-5-7-20(19)15-21/h4-9,15-16H,10-14H2,1-3H3/t16-/m0/s1. The summed E-state index contributed by atoms with van der Waals surface area (Å²) in [7, 11) is -3.60. The lowest BCUT2D eigenvalue weighted by atomic mass is 10.1. The third kappa shape index (κ3) is 4.33. The van der Waals surface area contributed by atoms with Crippen molar-refractivity contribution < 1.29 is 13.2 Å². The summed E-state index contributed by atoms with van der Waals surface area (Å²) in [5.74, 6) is 1.47. The van der Waals surface area contributed by atoms with Gasteiger partial charge in [-0.15, -0.1) is 0 Å². The van der Waals surface area contributed by atoms with Crippen LogP contribution < -0.4 is 0 Å². The quantitative estimate of drug-likeness (QED) is 0.607. The predicted molar refractivity (Wildman–Crippen MR) is 118 cm³/mol. The average Bonchev–Trinajstić information content (AvgIpc) is 3.11. The van der Waals surface area contributed by atoms with Gasteiger partial charge in [-0.05, 0) is 43.7 Å². The van der Waals surface area contributed by atoms with Gasteiger partial charge in [0.05, 0.1) is 10.9 Å². The molecule has 31 heavy (non-hydrogen) atoms. The van der Waals surface area contributed by atoms with Gasteiger partial charge < -0.3 is 4.90 Å². The highest BCUT2D eigenvalue weighted by molar-refractivity contribution is 7.89. The molecular weight excluding hydrogens is 414 g/mol. The highest BCUT2D eigenvalue weighted by Crippen LogP contribution is 2.23. The van der Waals surface area contributed by atoms with Crippen LogP contribution in [0, 0.1) is 13.8 Å². The summed E-state index contributed by atoms with van der Waals surface area (Å²) in [6, 6.07) is 12.8. The first-order valence-electron chi connectivity index (χ1n) is 10.4. The number of fused-ring (bicyclic) bond motifs is 1. The normalized spacial score (nSPS) is 16.5. The molecule has 0 aliphatic carbocycles. The number of piperazine rings is 1. The van der Waals surface area contributed by atoms with Crippen LogP contribution in [0.5, 0.6) is 0 Å². The summed E-state index contributed by atoms with van der Waals surface area (Å²) < 4.78 is 29.5. The van der Waals surface area contributed by atoms with Crippen molar-refractivity contribution in [2.75, 3.05) is 26.2 Å². The van der Waals surface area contributed by atoms with Crippen molar-refractivity contribution in [3.63, 3.8) is 0 Å². The van der Waals surface area contributed by atoms with Crippen LogP contribution in [0.25, 0.3) is 10.8 Å². The predicted octanol–water partition coefficient (Wildman–Crippen LogP) is 2.53. The van der Waals surface area contributed by atoms with E-state index in [1.807, 2.05) is 51.1 Å². The Morgan fingerprint density at radius 3 is 2.35 bits per heavy atom. The lowest BCUT2D eigenvalue weighted by Crippen LogP contribution is -2.50. The van der Waals surface area contributed by atoms with E-state index in [1.165, 1.54) is 4.31 Å². The minimum Gasteiger partial charge on any atom is -0.340 e. The fraction of sp³-hybridized carbons (Fsp3) is 0.409. The number of hydrogen-bond donors (Lipinski definition) is 0. The van der Waals surface area contributed by atoms with Crippen molar-refractivity contribution in [2.45, 2.75) is 38.1 Å². The summed E-state index contributed by atoms with van der Waals surface area (Å²) in [5, 5.41) is 6.25. The maximum absolute atomic E-state index is 13.1. The number of amides is 1. The highest BCUT2D eigenvalue weighted by atomic mass is 32.2. The zero-order valence-electron chi connectivity index (χ0n) is 18.0. The molecule has 0 N–H and O–H groups in total. The van der Waals surface area contributed by atoms with E-state index >= 15 is 0 Å². The zero-order valence-corrected chi connectivity index (χ0v) is 18.8. The molecule has 1 aromatic heterocycles. The number of sulfonamides is 1. The first kappa shape index (κ1) is 21.5. The van der Waals surface area contributed by atoms with E-state index in [0.717, 1.165) is 16.6 Å². The molecule has 4 rings (SSSR count). The SMILES string of the molecule is Cc1nc(C)n([C@@H](C)CC(=O)N2CCN(S(=O)(=O)c3ccc4ccccc4c3)CC2)n1. The van der Waals surface area contributed by atoms with Crippen molar-refractivity contribution in [3.8, 4) is 0 Å². The van der Waals surface area contributed by atoms with E-state index in [2.05, 4.69) is 10.1 Å². The first-order chi connectivity index (χ1) is 14.8. The monoisotopic (exact) mass is 441 g/mol. The second kappa shape index (κ2) is 8.39. The Bertz CT molecular complexity index is 1210. The zero-order chi connectivity index (χ0) is 22.2. The molecule has 0 saturated carbocycles. The van der Waals surface area contributed by atoms with Gasteiger partial charge in [-0.3, -0.25) is 4.79 Å². The number of benzene rings is 2. The molecule has 9 heteroatoms. The van der Waals surface area contributed by atoms with E-state index in [4.69, 9.17) is 0 Å². The van der Waals surface area contributed by atoms with Crippen LogP contribution in [0.15, 0.2) is 47.4 Å². The molecule has 1 atom stereocenters. The fourth-order valence-corrected chi connectivity index (χ4v) is 5.53. The van der Waals surface area contributed by atoms with Crippen molar-refractivity contribution in [1.82, 2.24) is 24.0 Å². The van der Waals surface area contributed by atoms with Crippen molar-refractivity contribution in [1.29, 1.82) is 0 Å². The molecule has 0 spiro atoms. The van der Waals surface area contributed by atoms with Gasteiger partial charge in [0, 0.05) is 32.6 Å². The Balaban J connectivity index is 1.40. The maximum atomic E-state index is 13.1. The average molecular weight is 442 g/mol. The second-order valence-electron chi connectivity index (χ2n) is 8.00. The Kier molecular flexibility index (Phi) is 5.81. The lowest BCUT2D eigenvalue weighted by Gasteiger charge is -2.34. The third-order valence-electron chi connectivity index (χ3n) is 5.75. The van der Waals surface area contributed by atoms with Crippen LogP contribution in [-0.4, -0.2) is 64.5 Å². The van der Waals surface area contributed by atoms with Gasteiger partial charge in [0.15, 0.2) is 0 Å². The first-order valence-corrected chi connectivity index (χ1v) is 11.9. The van der Waals surface area contributed by atoms with Gasteiger partial charge in [0.1, 0.15) is 11.6 Å². The van der Waals surface area contributed by atoms with Gasteiger partial charge in [-0.2, -0.15) is 9.40 Å². The van der Waals surface area contributed by atoms with E-state index < -0.39 is 10.0 Å². The van der Waals surface area contributed by atoms with E-state index in [-0.39, 0.29) is 29.9 Å². The van der Waals surface area contributed by atoms with Crippen LogP contribution in [-0.2, 0) is 14.8 Å². The van der Waals surface area contributed by atoms with Gasteiger partial charge in [-0.25, -0.2) is 18.1 Å².